The Bertz CT molecular complexity index is 782. The van der Waals surface area contributed by atoms with Crippen molar-refractivity contribution in [3.63, 3.8) is 0 Å². The van der Waals surface area contributed by atoms with Gasteiger partial charge in [0, 0.05) is 52.7 Å². The lowest BCUT2D eigenvalue weighted by Crippen LogP contribution is -2.60. The van der Waals surface area contributed by atoms with Crippen LogP contribution in [0.4, 0.5) is 4.79 Å². The molecule has 0 spiro atoms. The number of hydrogen-bond acceptors (Lipinski definition) is 6. The van der Waals surface area contributed by atoms with Crippen molar-refractivity contribution >= 4 is 17.8 Å². The third-order valence-corrected chi connectivity index (χ3v) is 5.25. The monoisotopic (exact) mass is 431 g/mol. The number of urea groups is 1. The van der Waals surface area contributed by atoms with Crippen molar-refractivity contribution in [2.45, 2.75) is 45.6 Å². The first-order valence-corrected chi connectivity index (χ1v) is 10.7. The molecule has 1 atom stereocenters. The lowest BCUT2D eigenvalue weighted by Gasteiger charge is -2.37. The number of ether oxygens (including phenoxy) is 1. The molecule has 0 aromatic heterocycles. The number of amides is 4. The van der Waals surface area contributed by atoms with Crippen LogP contribution in [0.1, 0.15) is 39.5 Å². The lowest BCUT2D eigenvalue weighted by atomic mass is 9.95. The lowest BCUT2D eigenvalue weighted by molar-refractivity contribution is -0.137. The second-order valence-corrected chi connectivity index (χ2v) is 8.47. The summed E-state index contributed by atoms with van der Waals surface area (Å²) in [4.78, 5) is 46.3. The van der Waals surface area contributed by atoms with Gasteiger partial charge in [0.1, 0.15) is 12.2 Å². The molecular weight excluding hydrogens is 396 g/mol. The van der Waals surface area contributed by atoms with Crippen LogP contribution in [0.5, 0.6) is 0 Å². The van der Waals surface area contributed by atoms with Crippen molar-refractivity contribution < 1.29 is 19.1 Å². The molecule has 1 aliphatic heterocycles. The zero-order valence-corrected chi connectivity index (χ0v) is 19.6. The molecule has 1 heterocycles. The average molecular weight is 432 g/mol. The van der Waals surface area contributed by atoms with E-state index in [1.165, 1.54) is 4.90 Å². The molecule has 0 bridgehead atoms. The van der Waals surface area contributed by atoms with E-state index in [9.17, 15) is 14.4 Å². The number of hydrogen-bond donors (Lipinski definition) is 0. The summed E-state index contributed by atoms with van der Waals surface area (Å²) in [5.74, 6) is -1.09. The molecule has 8 nitrogen and oxygen atoms in total. The van der Waals surface area contributed by atoms with E-state index >= 15 is 0 Å². The summed E-state index contributed by atoms with van der Waals surface area (Å²) in [7, 11) is 11.0. The zero-order valence-electron chi connectivity index (χ0n) is 19.6. The predicted molar refractivity (Wildman–Crippen MR) is 119 cm³/mol. The summed E-state index contributed by atoms with van der Waals surface area (Å²) in [5.41, 5.74) is 2.53. The van der Waals surface area contributed by atoms with Gasteiger partial charge in [0.2, 0.25) is 7.11 Å². The van der Waals surface area contributed by atoms with Crippen molar-refractivity contribution in [1.82, 2.24) is 19.6 Å². The standard InChI is InChI=1S/C23H35N4O4/c1-8-9-12-26-21(28)20(22(29)27(23(26)30)16(2)15-31-7)19-17(13-24(3)4)10-11-18(19)14-25(5)6/h13-14,16H,7-12,15H2,1-6H3/q+1/b17-13+,18-14+. The smallest absolute Gasteiger partial charge is 0.334 e. The zero-order chi connectivity index (χ0) is 23.3. The number of unbranched alkanes of at least 4 members (excludes halogenated alkanes) is 1. The van der Waals surface area contributed by atoms with Crippen molar-refractivity contribution in [1.29, 1.82) is 0 Å². The van der Waals surface area contributed by atoms with Crippen LogP contribution in [-0.4, -0.2) is 84.8 Å². The normalized spacial score (nSPS) is 21.0. The topological polar surface area (TPSA) is 73.4 Å². The number of imide groups is 2. The Morgan fingerprint density at radius 3 is 2.00 bits per heavy atom. The Balaban J connectivity index is 2.74. The highest BCUT2D eigenvalue weighted by atomic mass is 16.5. The molecule has 170 valence electrons. The van der Waals surface area contributed by atoms with Gasteiger partial charge in [-0.15, -0.1) is 0 Å². The largest absolute Gasteiger partial charge is 0.383 e. The van der Waals surface area contributed by atoms with E-state index in [0.29, 0.717) is 12.0 Å². The first-order valence-electron chi connectivity index (χ1n) is 10.7. The Kier molecular flexibility index (Phi) is 8.33. The van der Waals surface area contributed by atoms with Gasteiger partial charge in [0.15, 0.2) is 0 Å². The summed E-state index contributed by atoms with van der Waals surface area (Å²) < 4.78 is 4.95. The van der Waals surface area contributed by atoms with Gasteiger partial charge in [-0.3, -0.25) is 19.4 Å². The SMILES string of the molecule is [CH2+]OCC(C)N1C(=O)C(=C2/C(=C/N(C)C)CC/C2=C\N(C)C)C(=O)N(CCCC)C1=O. The highest BCUT2D eigenvalue weighted by Crippen LogP contribution is 2.40. The van der Waals surface area contributed by atoms with Crippen LogP contribution < -0.4 is 0 Å². The van der Waals surface area contributed by atoms with E-state index in [1.54, 1.807) is 6.92 Å². The molecule has 2 fully saturated rings. The molecule has 0 N–H and O–H groups in total. The van der Waals surface area contributed by atoms with Crippen molar-refractivity contribution in [3.05, 3.63) is 41.8 Å². The average Bonchev–Trinajstić information content (AvgIpc) is 3.02. The van der Waals surface area contributed by atoms with Crippen LogP contribution >= 0.6 is 0 Å². The van der Waals surface area contributed by atoms with Crippen molar-refractivity contribution in [2.24, 2.45) is 0 Å². The highest BCUT2D eigenvalue weighted by Gasteiger charge is 2.46. The number of rotatable bonds is 8. The van der Waals surface area contributed by atoms with Crippen LogP contribution in [-0.2, 0) is 14.3 Å². The van der Waals surface area contributed by atoms with E-state index in [4.69, 9.17) is 4.74 Å². The van der Waals surface area contributed by atoms with Crippen LogP contribution in [0.2, 0.25) is 0 Å². The molecular formula is C23H35N4O4+. The minimum atomic E-state index is -0.591. The fourth-order valence-electron chi connectivity index (χ4n) is 3.94. The van der Waals surface area contributed by atoms with E-state index in [1.807, 2.05) is 57.3 Å². The third kappa shape index (κ3) is 5.31. The number of carbonyl (C=O) groups excluding carboxylic acids is 3. The van der Waals surface area contributed by atoms with E-state index in [-0.39, 0.29) is 18.7 Å². The second-order valence-electron chi connectivity index (χ2n) is 8.47. The van der Waals surface area contributed by atoms with Crippen LogP contribution in [0.15, 0.2) is 34.7 Å². The van der Waals surface area contributed by atoms with Gasteiger partial charge in [0.25, 0.3) is 11.8 Å². The molecule has 0 aromatic carbocycles. The second kappa shape index (κ2) is 10.5. The van der Waals surface area contributed by atoms with Crippen molar-refractivity contribution in [3.8, 4) is 0 Å². The Hall–Kier alpha value is -2.74. The molecule has 1 saturated carbocycles. The van der Waals surface area contributed by atoms with Crippen molar-refractivity contribution in [2.75, 3.05) is 41.3 Å². The number of barbiturate groups is 1. The number of carbonyl (C=O) groups is 3. The summed E-state index contributed by atoms with van der Waals surface area (Å²) >= 11 is 0. The maximum Gasteiger partial charge on any atom is 0.334 e. The maximum atomic E-state index is 13.6. The Morgan fingerprint density at radius 1 is 1.00 bits per heavy atom. The molecule has 31 heavy (non-hydrogen) atoms. The van der Waals surface area contributed by atoms with Crippen LogP contribution in [0, 0.1) is 7.11 Å². The molecule has 0 radical (unpaired) electrons. The first kappa shape index (κ1) is 24.5. The van der Waals surface area contributed by atoms with Gasteiger partial charge >= 0.3 is 6.03 Å². The van der Waals surface area contributed by atoms with E-state index in [2.05, 4.69) is 7.11 Å². The minimum Gasteiger partial charge on any atom is -0.383 e. The van der Waals surface area contributed by atoms with E-state index in [0.717, 1.165) is 35.3 Å². The molecule has 0 aromatic rings. The highest BCUT2D eigenvalue weighted by molar-refractivity contribution is 6.30. The quantitative estimate of drug-likeness (QED) is 0.334. The first-order chi connectivity index (χ1) is 14.6. The minimum absolute atomic E-state index is 0.0605. The molecule has 1 saturated heterocycles. The molecule has 4 amide bonds. The van der Waals surface area contributed by atoms with Crippen LogP contribution in [0.25, 0.3) is 0 Å². The molecule has 2 rings (SSSR count). The molecule has 1 unspecified atom stereocenters. The fraction of sp³-hybridized carbons (Fsp3) is 0.565. The summed E-state index contributed by atoms with van der Waals surface area (Å²) in [5, 5.41) is 0. The summed E-state index contributed by atoms with van der Waals surface area (Å²) in [6.07, 6.45) is 6.82. The number of nitrogens with zero attached hydrogens (tertiary/aromatic N) is 4. The van der Waals surface area contributed by atoms with Crippen LogP contribution in [0.3, 0.4) is 0 Å². The Morgan fingerprint density at radius 2 is 1.55 bits per heavy atom. The van der Waals surface area contributed by atoms with Gasteiger partial charge in [-0.1, -0.05) is 13.3 Å². The van der Waals surface area contributed by atoms with Gasteiger partial charge in [0.05, 0.1) is 6.04 Å². The maximum absolute atomic E-state index is 13.6. The van der Waals surface area contributed by atoms with E-state index < -0.39 is 23.9 Å². The molecule has 1 aliphatic carbocycles. The third-order valence-electron chi connectivity index (χ3n) is 5.25. The van der Waals surface area contributed by atoms with Gasteiger partial charge in [-0.05, 0) is 37.3 Å². The number of allylic oxidation sites excluding steroid dienone is 3. The van der Waals surface area contributed by atoms with Gasteiger partial charge in [-0.2, -0.15) is 4.74 Å². The molecule has 2 aliphatic rings. The predicted octanol–water partition coefficient (Wildman–Crippen LogP) is 2.76. The molecule has 8 heteroatoms. The van der Waals surface area contributed by atoms with Gasteiger partial charge in [-0.25, -0.2) is 4.79 Å². The Labute approximate surface area is 185 Å². The summed E-state index contributed by atoms with van der Waals surface area (Å²) in [6, 6.07) is -1.14. The van der Waals surface area contributed by atoms with Gasteiger partial charge < -0.3 is 9.80 Å². The fourth-order valence-corrected chi connectivity index (χ4v) is 3.94. The summed E-state index contributed by atoms with van der Waals surface area (Å²) in [6.45, 7) is 4.08.